The van der Waals surface area contributed by atoms with Crippen LogP contribution in [-0.4, -0.2) is 4.98 Å². The molecule has 0 atom stereocenters. The molecule has 0 radical (unpaired) electrons. The van der Waals surface area contributed by atoms with Crippen molar-refractivity contribution in [2.75, 3.05) is 0 Å². The predicted octanol–water partition coefficient (Wildman–Crippen LogP) is 2.43. The van der Waals surface area contributed by atoms with Crippen molar-refractivity contribution in [1.29, 1.82) is 0 Å². The van der Waals surface area contributed by atoms with Crippen LogP contribution in [0.5, 0.6) is 5.75 Å². The molecule has 0 unspecified atom stereocenters. The molecule has 1 aromatic carbocycles. The minimum absolute atomic E-state index is 0.229. The summed E-state index contributed by atoms with van der Waals surface area (Å²) in [6.45, 7) is 0. The van der Waals surface area contributed by atoms with Gasteiger partial charge in [-0.2, -0.15) is 0 Å². The molecule has 0 aliphatic carbocycles. The Morgan fingerprint density at radius 2 is 2.18 bits per heavy atom. The highest BCUT2D eigenvalue weighted by atomic mass is 19.3. The van der Waals surface area contributed by atoms with Gasteiger partial charge in [0.2, 0.25) is 0 Å². The van der Waals surface area contributed by atoms with Crippen LogP contribution >= 0.6 is 0 Å². The highest BCUT2D eigenvalue weighted by molar-refractivity contribution is 5.84. The third-order valence-corrected chi connectivity index (χ3v) is 1.63. The number of nitrogens with one attached hydrogen (secondary N) is 1. The molecule has 0 fully saturated rings. The minimum Gasteiger partial charge on any atom is -0.358 e. The summed E-state index contributed by atoms with van der Waals surface area (Å²) in [6, 6.07) is 7.05. The smallest absolute Gasteiger partial charge is 0.195 e. The molecule has 3 heteroatoms. The first-order valence-electron chi connectivity index (χ1n) is 3.26. The normalized spacial score (nSPS) is 10.3. The Kier molecular flexibility index (Phi) is 1.28. The lowest BCUT2D eigenvalue weighted by molar-refractivity contribution is -0.00444. The van der Waals surface area contributed by atoms with E-state index in [1.54, 1.807) is 18.3 Å². The molecule has 1 heterocycles. The SMILES string of the molecule is FOc1cccc2cc[nH]c12. The summed E-state index contributed by atoms with van der Waals surface area (Å²) < 4.78 is 11.8. The van der Waals surface area contributed by atoms with E-state index in [1.165, 1.54) is 0 Å². The molecule has 2 rings (SSSR count). The molecule has 0 bridgehead atoms. The molecular formula is C8H6FNO. The number of hydrogen-bond acceptors (Lipinski definition) is 1. The van der Waals surface area contributed by atoms with Gasteiger partial charge in [-0.25, -0.2) is 0 Å². The van der Waals surface area contributed by atoms with Gasteiger partial charge in [-0.3, -0.25) is 4.94 Å². The quantitative estimate of drug-likeness (QED) is 0.665. The molecule has 2 aromatic rings. The molecule has 11 heavy (non-hydrogen) atoms. The number of H-pyrrole nitrogens is 1. The molecule has 0 amide bonds. The van der Waals surface area contributed by atoms with E-state index in [-0.39, 0.29) is 5.75 Å². The second kappa shape index (κ2) is 2.27. The Bertz CT molecular complexity index is 369. The first-order valence-corrected chi connectivity index (χ1v) is 3.26. The van der Waals surface area contributed by atoms with Crippen LogP contribution in [0.25, 0.3) is 10.9 Å². The molecule has 0 aliphatic heterocycles. The standard InChI is InChI=1S/C8H6FNO/c9-11-7-3-1-2-6-4-5-10-8(6)7/h1-5,10H. The van der Waals surface area contributed by atoms with Gasteiger partial charge in [0.15, 0.2) is 5.75 Å². The summed E-state index contributed by atoms with van der Waals surface area (Å²) in [5.74, 6) is 0.229. The summed E-state index contributed by atoms with van der Waals surface area (Å²) in [4.78, 5) is 6.53. The third kappa shape index (κ3) is 0.852. The molecule has 0 saturated heterocycles. The second-order valence-corrected chi connectivity index (χ2v) is 2.28. The third-order valence-electron chi connectivity index (χ3n) is 1.63. The van der Waals surface area contributed by atoms with Crippen molar-refractivity contribution in [2.24, 2.45) is 0 Å². The number of halogens is 1. The fourth-order valence-corrected chi connectivity index (χ4v) is 1.12. The lowest BCUT2D eigenvalue weighted by Gasteiger charge is -1.94. The predicted molar refractivity (Wildman–Crippen MR) is 40.0 cm³/mol. The Morgan fingerprint density at radius 1 is 1.27 bits per heavy atom. The summed E-state index contributed by atoms with van der Waals surface area (Å²) in [7, 11) is 0. The van der Waals surface area contributed by atoms with Crippen molar-refractivity contribution in [3.05, 3.63) is 30.5 Å². The van der Waals surface area contributed by atoms with Gasteiger partial charge in [-0.15, -0.1) is 0 Å². The highest BCUT2D eigenvalue weighted by Crippen LogP contribution is 2.23. The van der Waals surface area contributed by atoms with Gasteiger partial charge in [0.05, 0.1) is 5.52 Å². The van der Waals surface area contributed by atoms with E-state index in [0.717, 1.165) is 5.39 Å². The van der Waals surface area contributed by atoms with E-state index >= 15 is 0 Å². The van der Waals surface area contributed by atoms with Gasteiger partial charge >= 0.3 is 0 Å². The first kappa shape index (κ1) is 6.22. The fraction of sp³-hybridized carbons (Fsp3) is 0. The molecular weight excluding hydrogens is 145 g/mol. The number of para-hydroxylation sites is 1. The largest absolute Gasteiger partial charge is 0.358 e. The van der Waals surface area contributed by atoms with Gasteiger partial charge in [0.1, 0.15) is 0 Å². The second-order valence-electron chi connectivity index (χ2n) is 2.28. The van der Waals surface area contributed by atoms with Crippen LogP contribution in [0.1, 0.15) is 0 Å². The Balaban J connectivity index is 2.79. The van der Waals surface area contributed by atoms with Gasteiger partial charge in [-0.05, 0) is 12.1 Å². The summed E-state index contributed by atoms with van der Waals surface area (Å²) in [6.07, 6.45) is 1.74. The molecule has 2 nitrogen and oxygen atoms in total. The number of benzene rings is 1. The zero-order chi connectivity index (χ0) is 7.68. The van der Waals surface area contributed by atoms with Gasteiger partial charge in [0, 0.05) is 16.1 Å². The average molecular weight is 151 g/mol. The van der Waals surface area contributed by atoms with Crippen LogP contribution in [0.2, 0.25) is 0 Å². The van der Waals surface area contributed by atoms with Crippen molar-refractivity contribution in [1.82, 2.24) is 4.98 Å². The maximum Gasteiger partial charge on any atom is 0.195 e. The lowest BCUT2D eigenvalue weighted by atomic mass is 10.2. The van der Waals surface area contributed by atoms with Crippen molar-refractivity contribution < 1.29 is 9.47 Å². The zero-order valence-electron chi connectivity index (χ0n) is 5.67. The molecule has 0 spiro atoms. The van der Waals surface area contributed by atoms with E-state index < -0.39 is 0 Å². The van der Waals surface area contributed by atoms with Crippen LogP contribution in [0.3, 0.4) is 0 Å². The highest BCUT2D eigenvalue weighted by Gasteiger charge is 2.01. The van der Waals surface area contributed by atoms with Gasteiger partial charge < -0.3 is 4.98 Å². The van der Waals surface area contributed by atoms with E-state index in [4.69, 9.17) is 0 Å². The van der Waals surface area contributed by atoms with Gasteiger partial charge in [0.25, 0.3) is 0 Å². The van der Waals surface area contributed by atoms with Crippen LogP contribution in [0.4, 0.5) is 4.53 Å². The topological polar surface area (TPSA) is 25.0 Å². The maximum absolute atomic E-state index is 11.8. The number of rotatable bonds is 1. The summed E-state index contributed by atoms with van der Waals surface area (Å²) >= 11 is 0. The summed E-state index contributed by atoms with van der Waals surface area (Å²) in [5.41, 5.74) is 0.690. The van der Waals surface area contributed by atoms with Crippen LogP contribution in [0, 0.1) is 0 Å². The lowest BCUT2D eigenvalue weighted by Crippen LogP contribution is -1.77. The number of aromatic nitrogens is 1. The zero-order valence-corrected chi connectivity index (χ0v) is 5.67. The Morgan fingerprint density at radius 3 is 3.00 bits per heavy atom. The first-order chi connectivity index (χ1) is 5.42. The monoisotopic (exact) mass is 151 g/mol. The summed E-state index contributed by atoms with van der Waals surface area (Å²) in [5, 5.41) is 0.945. The van der Waals surface area contributed by atoms with Crippen molar-refractivity contribution in [3.63, 3.8) is 0 Å². The van der Waals surface area contributed by atoms with Crippen LogP contribution in [-0.2, 0) is 0 Å². The van der Waals surface area contributed by atoms with Gasteiger partial charge in [-0.1, -0.05) is 12.1 Å². The molecule has 0 aliphatic rings. The number of aromatic amines is 1. The van der Waals surface area contributed by atoms with E-state index in [0.29, 0.717) is 5.52 Å². The Hall–Kier alpha value is -1.51. The van der Waals surface area contributed by atoms with Crippen LogP contribution < -0.4 is 4.94 Å². The van der Waals surface area contributed by atoms with Crippen molar-refractivity contribution in [2.45, 2.75) is 0 Å². The fourth-order valence-electron chi connectivity index (χ4n) is 1.12. The van der Waals surface area contributed by atoms with E-state index in [1.807, 2.05) is 12.1 Å². The van der Waals surface area contributed by atoms with Crippen LogP contribution in [0.15, 0.2) is 30.5 Å². The van der Waals surface area contributed by atoms with Crippen molar-refractivity contribution >= 4 is 10.9 Å². The molecule has 0 saturated carbocycles. The molecule has 1 aromatic heterocycles. The molecule has 56 valence electrons. The maximum atomic E-state index is 11.8. The van der Waals surface area contributed by atoms with Crippen molar-refractivity contribution in [3.8, 4) is 5.75 Å². The average Bonchev–Trinajstić information content (AvgIpc) is 2.50. The Labute approximate surface area is 62.5 Å². The molecule has 1 N–H and O–H groups in total. The minimum atomic E-state index is 0.229. The van der Waals surface area contributed by atoms with E-state index in [2.05, 4.69) is 9.93 Å². The van der Waals surface area contributed by atoms with E-state index in [9.17, 15) is 4.53 Å². The number of fused-ring (bicyclic) bond motifs is 1. The number of hydrogen-bond donors (Lipinski definition) is 1.